The van der Waals surface area contributed by atoms with E-state index in [1.54, 1.807) is 0 Å². The molecule has 3 N–H and O–H groups in total. The van der Waals surface area contributed by atoms with Gasteiger partial charge >= 0.3 is 12.2 Å². The normalized spacial score (nSPS) is 12.2. The van der Waals surface area contributed by atoms with E-state index in [-0.39, 0.29) is 5.88 Å². The van der Waals surface area contributed by atoms with Crippen molar-refractivity contribution in [3.05, 3.63) is 18.3 Å². The molecule has 0 saturated heterocycles. The van der Waals surface area contributed by atoms with Gasteiger partial charge in [0.1, 0.15) is 6.04 Å². The minimum Gasteiger partial charge on any atom is -0.468 e. The van der Waals surface area contributed by atoms with Crippen molar-refractivity contribution in [3.8, 4) is 5.88 Å². The second-order valence-corrected chi connectivity index (χ2v) is 4.22. The summed E-state index contributed by atoms with van der Waals surface area (Å²) in [6.45, 7) is 0.0735. The van der Waals surface area contributed by atoms with Crippen LogP contribution in [-0.2, 0) is 4.79 Å². The number of aromatic nitrogens is 1. The molecule has 0 saturated carbocycles. The molecule has 3 amide bonds. The minimum absolute atomic E-state index is 0.189. The Bertz CT molecular complexity index is 519. The average Bonchev–Trinajstić information content (AvgIpc) is 2.45. The van der Waals surface area contributed by atoms with E-state index in [1.165, 1.54) is 32.3 Å². The van der Waals surface area contributed by atoms with Gasteiger partial charge in [-0.25, -0.2) is 9.78 Å². The van der Waals surface area contributed by atoms with Gasteiger partial charge < -0.3 is 15.4 Å². The summed E-state index contributed by atoms with van der Waals surface area (Å²) in [6, 6.07) is 1.24. The molecular weight excluding hydrogens is 305 g/mol. The lowest BCUT2D eigenvalue weighted by atomic mass is 10.3. The van der Waals surface area contributed by atoms with Gasteiger partial charge in [0, 0.05) is 13.1 Å². The molecule has 0 aliphatic carbocycles. The second-order valence-electron chi connectivity index (χ2n) is 4.22. The summed E-state index contributed by atoms with van der Waals surface area (Å²) in [5.41, 5.74) is 0.388. The zero-order valence-corrected chi connectivity index (χ0v) is 11.8. The van der Waals surface area contributed by atoms with Crippen molar-refractivity contribution in [2.24, 2.45) is 0 Å². The standard InChI is InChI=1S/C12H15F3N4O3/c1-7(10(20)19-11(21)16-2)18-8-3-4-9(17-5-8)22-6-12(13,14)15/h3-5,7,18H,6H2,1-2H3,(H2,16,19,20,21). The molecule has 0 fully saturated rings. The Morgan fingerprint density at radius 2 is 2.05 bits per heavy atom. The largest absolute Gasteiger partial charge is 0.468 e. The third-order valence-electron chi connectivity index (χ3n) is 2.36. The van der Waals surface area contributed by atoms with Crippen molar-refractivity contribution < 1.29 is 27.5 Å². The van der Waals surface area contributed by atoms with Gasteiger partial charge in [0.25, 0.3) is 0 Å². The number of ether oxygens (including phenoxy) is 1. The number of rotatable bonds is 5. The fraction of sp³-hybridized carbons (Fsp3) is 0.417. The van der Waals surface area contributed by atoms with E-state index in [9.17, 15) is 22.8 Å². The Balaban J connectivity index is 2.53. The number of alkyl halides is 3. The van der Waals surface area contributed by atoms with Gasteiger partial charge in [0.15, 0.2) is 6.61 Å². The van der Waals surface area contributed by atoms with Crippen molar-refractivity contribution in [1.82, 2.24) is 15.6 Å². The molecule has 0 aromatic carbocycles. The van der Waals surface area contributed by atoms with Crippen LogP contribution in [0.2, 0.25) is 0 Å². The lowest BCUT2D eigenvalue weighted by molar-refractivity contribution is -0.154. The van der Waals surface area contributed by atoms with Crippen molar-refractivity contribution in [1.29, 1.82) is 0 Å². The summed E-state index contributed by atoms with van der Waals surface area (Å²) >= 11 is 0. The number of hydrogen-bond acceptors (Lipinski definition) is 5. The van der Waals surface area contributed by atoms with Crippen LogP contribution in [-0.4, -0.2) is 42.8 Å². The number of nitrogens with zero attached hydrogens (tertiary/aromatic N) is 1. The molecule has 0 bridgehead atoms. The van der Waals surface area contributed by atoms with E-state index in [0.717, 1.165) is 0 Å². The van der Waals surface area contributed by atoms with Crippen LogP contribution in [0.4, 0.5) is 23.7 Å². The van der Waals surface area contributed by atoms with Crippen molar-refractivity contribution >= 4 is 17.6 Å². The maximum absolute atomic E-state index is 12.0. The Labute approximate surface area is 124 Å². The molecule has 1 aromatic rings. The minimum atomic E-state index is -4.44. The van der Waals surface area contributed by atoms with Crippen molar-refractivity contribution in [2.45, 2.75) is 19.1 Å². The molecule has 1 aromatic heterocycles. The van der Waals surface area contributed by atoms with Crippen LogP contribution < -0.4 is 20.7 Å². The first-order chi connectivity index (χ1) is 10.2. The van der Waals surface area contributed by atoms with E-state index in [1.807, 2.05) is 0 Å². The quantitative estimate of drug-likeness (QED) is 0.760. The maximum Gasteiger partial charge on any atom is 0.422 e. The Morgan fingerprint density at radius 3 is 2.55 bits per heavy atom. The van der Waals surface area contributed by atoms with E-state index < -0.39 is 30.8 Å². The SMILES string of the molecule is CNC(=O)NC(=O)C(C)Nc1ccc(OCC(F)(F)F)nc1. The number of anilines is 1. The molecule has 1 rings (SSSR count). The van der Waals surface area contributed by atoms with E-state index in [2.05, 4.69) is 25.7 Å². The highest BCUT2D eigenvalue weighted by Crippen LogP contribution is 2.18. The second kappa shape index (κ2) is 7.48. The number of hydrogen-bond donors (Lipinski definition) is 3. The zero-order valence-electron chi connectivity index (χ0n) is 11.8. The van der Waals surface area contributed by atoms with Crippen LogP contribution in [0.1, 0.15) is 6.92 Å². The van der Waals surface area contributed by atoms with Gasteiger partial charge in [0.05, 0.1) is 11.9 Å². The number of halogens is 3. The molecule has 0 radical (unpaired) electrons. The van der Waals surface area contributed by atoms with Crippen molar-refractivity contribution in [2.75, 3.05) is 19.0 Å². The molecule has 22 heavy (non-hydrogen) atoms. The predicted molar refractivity (Wildman–Crippen MR) is 71.5 cm³/mol. The predicted octanol–water partition coefficient (Wildman–Crippen LogP) is 1.28. The lowest BCUT2D eigenvalue weighted by Gasteiger charge is -2.14. The first kappa shape index (κ1) is 17.5. The summed E-state index contributed by atoms with van der Waals surface area (Å²) in [7, 11) is 1.37. The molecule has 122 valence electrons. The first-order valence-electron chi connectivity index (χ1n) is 6.16. The van der Waals surface area contributed by atoms with Crippen molar-refractivity contribution in [3.63, 3.8) is 0 Å². The number of amides is 3. The summed E-state index contributed by atoms with van der Waals surface area (Å²) in [4.78, 5) is 26.3. The highest BCUT2D eigenvalue weighted by atomic mass is 19.4. The van der Waals surface area contributed by atoms with Crippen LogP contribution in [0.3, 0.4) is 0 Å². The topological polar surface area (TPSA) is 92.4 Å². The van der Waals surface area contributed by atoms with Gasteiger partial charge in [-0.3, -0.25) is 10.1 Å². The Morgan fingerprint density at radius 1 is 1.36 bits per heavy atom. The Kier molecular flexibility index (Phi) is 5.96. The summed E-state index contributed by atoms with van der Waals surface area (Å²) in [6.07, 6.45) is -3.22. The summed E-state index contributed by atoms with van der Waals surface area (Å²) in [5.74, 6) is -0.762. The summed E-state index contributed by atoms with van der Waals surface area (Å²) in [5, 5.41) is 7.04. The van der Waals surface area contributed by atoms with Gasteiger partial charge in [0.2, 0.25) is 11.8 Å². The average molecular weight is 320 g/mol. The first-order valence-corrected chi connectivity index (χ1v) is 6.16. The monoisotopic (exact) mass is 320 g/mol. The molecule has 0 aliphatic rings. The van der Waals surface area contributed by atoms with Crippen LogP contribution in [0, 0.1) is 0 Å². The zero-order chi connectivity index (χ0) is 16.8. The molecular formula is C12H15F3N4O3. The Hall–Kier alpha value is -2.52. The van der Waals surface area contributed by atoms with Gasteiger partial charge in [-0.15, -0.1) is 0 Å². The fourth-order valence-electron chi connectivity index (χ4n) is 1.31. The molecule has 1 unspecified atom stereocenters. The van der Waals surface area contributed by atoms with Crippen LogP contribution >= 0.6 is 0 Å². The number of carbonyl (C=O) groups is 2. The number of nitrogens with one attached hydrogen (secondary N) is 3. The molecule has 1 atom stereocenters. The third kappa shape index (κ3) is 6.29. The highest BCUT2D eigenvalue weighted by molar-refractivity contribution is 5.97. The molecule has 7 nitrogen and oxygen atoms in total. The van der Waals surface area contributed by atoms with Crippen LogP contribution in [0.25, 0.3) is 0 Å². The number of pyridine rings is 1. The molecule has 10 heteroatoms. The smallest absolute Gasteiger partial charge is 0.422 e. The third-order valence-corrected chi connectivity index (χ3v) is 2.36. The maximum atomic E-state index is 12.0. The molecule has 0 aliphatic heterocycles. The van der Waals surface area contributed by atoms with Crippen LogP contribution in [0.15, 0.2) is 18.3 Å². The number of carbonyl (C=O) groups excluding carboxylic acids is 2. The summed E-state index contributed by atoms with van der Waals surface area (Å²) < 4.78 is 40.4. The molecule has 0 spiro atoms. The molecule has 1 heterocycles. The van der Waals surface area contributed by atoms with Crippen LogP contribution in [0.5, 0.6) is 5.88 Å². The van der Waals surface area contributed by atoms with E-state index in [4.69, 9.17) is 0 Å². The van der Waals surface area contributed by atoms with E-state index >= 15 is 0 Å². The number of urea groups is 1. The highest BCUT2D eigenvalue weighted by Gasteiger charge is 2.28. The van der Waals surface area contributed by atoms with Gasteiger partial charge in [-0.1, -0.05) is 0 Å². The number of imide groups is 1. The lowest BCUT2D eigenvalue weighted by Crippen LogP contribution is -2.44. The van der Waals surface area contributed by atoms with Gasteiger partial charge in [-0.2, -0.15) is 13.2 Å². The van der Waals surface area contributed by atoms with Gasteiger partial charge in [-0.05, 0) is 13.0 Å². The van der Waals surface area contributed by atoms with E-state index in [0.29, 0.717) is 5.69 Å². The fourth-order valence-corrected chi connectivity index (χ4v) is 1.31.